The van der Waals surface area contributed by atoms with Gasteiger partial charge in [0.2, 0.25) is 5.91 Å². The number of carbonyl (C=O) groups is 1. The van der Waals surface area contributed by atoms with Gasteiger partial charge in [0.1, 0.15) is 7.60 Å². The fraction of sp³-hybridized carbons (Fsp3) is 0.833. The third kappa shape index (κ3) is 10.7. The van der Waals surface area contributed by atoms with E-state index >= 15 is 0 Å². The van der Waals surface area contributed by atoms with Crippen molar-refractivity contribution in [2.45, 2.75) is 19.8 Å². The van der Waals surface area contributed by atoms with Crippen molar-refractivity contribution >= 4 is 13.5 Å². The number of hydrogen-bond acceptors (Lipinski definition) is 4. The van der Waals surface area contributed by atoms with E-state index < -0.39 is 13.5 Å². The van der Waals surface area contributed by atoms with Gasteiger partial charge in [0, 0.05) is 19.6 Å². The van der Waals surface area contributed by atoms with Crippen molar-refractivity contribution in [1.29, 1.82) is 0 Å². The molecule has 0 aromatic carbocycles. The van der Waals surface area contributed by atoms with Crippen LogP contribution in [0.2, 0.25) is 0 Å². The minimum atomic E-state index is -4.18. The number of amides is 1. The Kier molecular flexibility index (Phi) is 9.49. The largest absolute Gasteiger partial charge is 1.00 e. The molecule has 1 atom stereocenters. The van der Waals surface area contributed by atoms with E-state index in [1.165, 1.54) is 6.92 Å². The number of hydrogen-bond donors (Lipinski definition) is 2. The molecule has 78 valence electrons. The molecule has 0 saturated carbocycles. The van der Waals surface area contributed by atoms with Crippen molar-refractivity contribution in [3.63, 3.8) is 0 Å². The summed E-state index contributed by atoms with van der Waals surface area (Å²) < 4.78 is 10.3. The zero-order valence-electron chi connectivity index (χ0n) is 8.34. The second-order valence-corrected chi connectivity index (χ2v) is 4.43. The first-order valence-corrected chi connectivity index (χ1v) is 5.59. The van der Waals surface area contributed by atoms with Gasteiger partial charge in [0.15, 0.2) is 0 Å². The molecule has 0 aromatic rings. The maximum absolute atomic E-state index is 10.4. The molecule has 0 aromatic heterocycles. The van der Waals surface area contributed by atoms with Crippen LogP contribution >= 0.6 is 7.60 Å². The van der Waals surface area contributed by atoms with Crippen LogP contribution in [0.1, 0.15) is 19.8 Å². The molecule has 0 rings (SSSR count). The fourth-order valence-corrected chi connectivity index (χ4v) is 1.35. The van der Waals surface area contributed by atoms with Gasteiger partial charge in [0.25, 0.3) is 0 Å². The van der Waals surface area contributed by atoms with Crippen LogP contribution in [-0.4, -0.2) is 33.8 Å². The monoisotopic (exact) mass is 233 g/mol. The van der Waals surface area contributed by atoms with Gasteiger partial charge < -0.3 is 14.4 Å². The normalized spacial score (nSPS) is 14.0. The molecule has 0 aliphatic heterocycles. The van der Waals surface area contributed by atoms with Gasteiger partial charge in [-0.1, -0.05) is 0 Å². The molecule has 0 aliphatic carbocycles. The molecule has 0 aliphatic rings. The fourth-order valence-electron chi connectivity index (χ4n) is 0.731. The maximum atomic E-state index is 10.4. The van der Waals surface area contributed by atoms with E-state index in [0.717, 1.165) is 0 Å². The molecular formula is C6H13NNaO5P. The first-order valence-electron chi connectivity index (χ1n) is 3.83. The molecule has 14 heavy (non-hydrogen) atoms. The third-order valence-electron chi connectivity index (χ3n) is 1.42. The molecule has 0 radical (unpaired) electrons. The summed E-state index contributed by atoms with van der Waals surface area (Å²) in [5.74, 6) is -0.491. The van der Waals surface area contributed by atoms with Gasteiger partial charge in [0.05, 0.1) is 0 Å². The Bertz CT molecular complexity index is 218. The Labute approximate surface area is 105 Å². The first-order chi connectivity index (χ1) is 5.83. The van der Waals surface area contributed by atoms with E-state index in [4.69, 9.17) is 10.1 Å². The zero-order chi connectivity index (χ0) is 10.5. The smallest absolute Gasteiger partial charge is 0.779 e. The van der Waals surface area contributed by atoms with Gasteiger partial charge in [-0.2, -0.15) is 0 Å². The van der Waals surface area contributed by atoms with Gasteiger partial charge >= 0.3 is 29.6 Å². The molecule has 1 unspecified atom stereocenters. The van der Waals surface area contributed by atoms with Crippen LogP contribution in [0, 0.1) is 0 Å². The summed E-state index contributed by atoms with van der Waals surface area (Å²) in [6.45, 7) is 1.28. The topological polar surface area (TPSA) is 101 Å². The van der Waals surface area contributed by atoms with Gasteiger partial charge in [-0.05, 0) is 12.8 Å². The van der Waals surface area contributed by atoms with Crippen molar-refractivity contribution < 1.29 is 53.9 Å². The molecule has 6 nitrogen and oxygen atoms in total. The number of unbranched alkanes of at least 4 members (excludes halogenated alkanes) is 1. The summed E-state index contributed by atoms with van der Waals surface area (Å²) in [6, 6.07) is 0. The molecule has 0 saturated heterocycles. The molecule has 1 amide bonds. The zero-order valence-corrected chi connectivity index (χ0v) is 11.2. The Morgan fingerprint density at radius 1 is 1.50 bits per heavy atom. The minimum absolute atomic E-state index is 0. The van der Waals surface area contributed by atoms with Crippen molar-refractivity contribution in [1.82, 2.24) is 5.06 Å². The summed E-state index contributed by atoms with van der Waals surface area (Å²) >= 11 is 0. The molecule has 2 N–H and O–H groups in total. The van der Waals surface area contributed by atoms with E-state index in [1.54, 1.807) is 0 Å². The van der Waals surface area contributed by atoms with Crippen LogP contribution in [0.4, 0.5) is 0 Å². The molecule has 0 heterocycles. The van der Waals surface area contributed by atoms with Gasteiger partial charge in [-0.25, -0.2) is 5.06 Å². The summed E-state index contributed by atoms with van der Waals surface area (Å²) in [4.78, 5) is 29.0. The minimum Gasteiger partial charge on any atom is -0.779 e. The van der Waals surface area contributed by atoms with E-state index in [-0.39, 0.29) is 48.7 Å². The Hall–Kier alpha value is 0.580. The average molecular weight is 233 g/mol. The molecular weight excluding hydrogens is 220 g/mol. The summed E-state index contributed by atoms with van der Waals surface area (Å²) in [6.07, 6.45) is 0.239. The summed E-state index contributed by atoms with van der Waals surface area (Å²) in [5.41, 5.74) is 0. The van der Waals surface area contributed by atoms with Crippen LogP contribution in [0.5, 0.6) is 0 Å². The second kappa shape index (κ2) is 7.82. The maximum Gasteiger partial charge on any atom is 1.00 e. The summed E-state index contributed by atoms with van der Waals surface area (Å²) in [5, 5.41) is 9.34. The van der Waals surface area contributed by atoms with Gasteiger partial charge in [-0.15, -0.1) is 0 Å². The van der Waals surface area contributed by atoms with Crippen LogP contribution in [0.15, 0.2) is 0 Å². The van der Waals surface area contributed by atoms with Crippen molar-refractivity contribution in [3.8, 4) is 0 Å². The summed E-state index contributed by atoms with van der Waals surface area (Å²) in [7, 11) is -4.18. The molecule has 8 heteroatoms. The predicted molar refractivity (Wildman–Crippen MR) is 43.1 cm³/mol. The van der Waals surface area contributed by atoms with E-state index in [9.17, 15) is 14.3 Å². The molecule has 0 fully saturated rings. The number of nitrogens with zero attached hydrogens (tertiary/aromatic N) is 1. The van der Waals surface area contributed by atoms with Crippen LogP contribution < -0.4 is 34.5 Å². The number of hydroxylamine groups is 2. The van der Waals surface area contributed by atoms with Crippen molar-refractivity contribution in [3.05, 3.63) is 0 Å². The number of rotatable bonds is 5. The number of carbonyl (C=O) groups excluding carboxylic acids is 1. The van der Waals surface area contributed by atoms with Crippen LogP contribution in [0.25, 0.3) is 0 Å². The third-order valence-corrected chi connectivity index (χ3v) is 2.31. The second-order valence-electron chi connectivity index (χ2n) is 2.71. The van der Waals surface area contributed by atoms with Crippen LogP contribution in [-0.2, 0) is 9.36 Å². The standard InChI is InChI=1S/C6H14NO5P.Na/c1-6(8)7(9)4-2-3-5-13(10,11)12;/h9H,2-5H2,1H3,(H2,10,11,12);/q;+1/p-1. The van der Waals surface area contributed by atoms with Crippen LogP contribution in [0.3, 0.4) is 0 Å². The van der Waals surface area contributed by atoms with E-state index in [2.05, 4.69) is 0 Å². The molecule has 0 spiro atoms. The van der Waals surface area contributed by atoms with Crippen molar-refractivity contribution in [2.24, 2.45) is 0 Å². The Balaban J connectivity index is 0. The van der Waals surface area contributed by atoms with E-state index in [0.29, 0.717) is 11.5 Å². The van der Waals surface area contributed by atoms with Gasteiger partial charge in [-0.3, -0.25) is 10.0 Å². The average Bonchev–Trinajstić information content (AvgIpc) is 1.95. The van der Waals surface area contributed by atoms with E-state index in [1.807, 2.05) is 0 Å². The van der Waals surface area contributed by atoms with Crippen molar-refractivity contribution in [2.75, 3.05) is 12.7 Å². The Morgan fingerprint density at radius 2 is 2.00 bits per heavy atom. The Morgan fingerprint density at radius 3 is 2.36 bits per heavy atom. The molecule has 0 bridgehead atoms. The quantitative estimate of drug-likeness (QED) is 0.169. The first kappa shape index (κ1) is 17.0. The SMILES string of the molecule is CC(=O)N(O)CCCCP(=O)([O-])O.[Na+]. The predicted octanol–water partition coefficient (Wildman–Crippen LogP) is -3.45.